The Labute approximate surface area is 214 Å². The number of hydrogen-bond acceptors (Lipinski definition) is 8. The van der Waals surface area contributed by atoms with E-state index in [0.717, 1.165) is 43.7 Å². The molecule has 0 spiro atoms. The van der Waals surface area contributed by atoms with Gasteiger partial charge in [-0.3, -0.25) is 0 Å². The lowest BCUT2D eigenvalue weighted by Gasteiger charge is -2.38. The lowest BCUT2D eigenvalue weighted by molar-refractivity contribution is -0.274. The molecule has 196 valence electrons. The second-order valence-electron chi connectivity index (χ2n) is 9.70. The van der Waals surface area contributed by atoms with Crippen molar-refractivity contribution in [2.75, 3.05) is 4.90 Å². The van der Waals surface area contributed by atoms with E-state index in [0.29, 0.717) is 17.0 Å². The van der Waals surface area contributed by atoms with Crippen LogP contribution in [-0.2, 0) is 11.3 Å². The summed E-state index contributed by atoms with van der Waals surface area (Å²) < 4.78 is 55.3. The number of nitrogens with zero attached hydrogens (tertiary/aromatic N) is 3. The summed E-state index contributed by atoms with van der Waals surface area (Å²) in [5.41, 5.74) is 1.19. The van der Waals surface area contributed by atoms with Gasteiger partial charge in [-0.1, -0.05) is 28.6 Å². The number of hydrogen-bond donors (Lipinski definition) is 1. The van der Waals surface area contributed by atoms with Crippen molar-refractivity contribution in [3.05, 3.63) is 46.7 Å². The molecule has 1 aliphatic carbocycles. The summed E-state index contributed by atoms with van der Waals surface area (Å²) in [6.45, 7) is 0.176. The van der Waals surface area contributed by atoms with Gasteiger partial charge in [-0.05, 0) is 50.7 Å². The maximum Gasteiger partial charge on any atom is 0.573 e. The van der Waals surface area contributed by atoms with Gasteiger partial charge in [0.05, 0.1) is 18.9 Å². The van der Waals surface area contributed by atoms with Crippen molar-refractivity contribution in [1.29, 1.82) is 0 Å². The number of carboxylic acids is 1. The highest BCUT2D eigenvalue weighted by Gasteiger charge is 2.43. The van der Waals surface area contributed by atoms with Crippen molar-refractivity contribution in [3.8, 4) is 17.0 Å². The third-order valence-corrected chi connectivity index (χ3v) is 8.21. The van der Waals surface area contributed by atoms with Crippen LogP contribution in [0.5, 0.6) is 5.75 Å². The molecule has 2 aliphatic heterocycles. The van der Waals surface area contributed by atoms with Crippen LogP contribution in [0.3, 0.4) is 0 Å². The molecule has 0 amide bonds. The van der Waals surface area contributed by atoms with Crippen molar-refractivity contribution < 1.29 is 37.1 Å². The van der Waals surface area contributed by atoms with Crippen molar-refractivity contribution in [3.63, 3.8) is 0 Å². The molecule has 12 heteroatoms. The number of aromatic nitrogens is 2. The van der Waals surface area contributed by atoms with E-state index in [2.05, 4.69) is 19.8 Å². The van der Waals surface area contributed by atoms with E-state index in [1.807, 2.05) is 0 Å². The number of aromatic carboxylic acids is 1. The Kier molecular flexibility index (Phi) is 6.10. The molecule has 3 atom stereocenters. The van der Waals surface area contributed by atoms with Crippen molar-refractivity contribution in [2.24, 2.45) is 0 Å². The minimum absolute atomic E-state index is 0.0517. The molecule has 37 heavy (non-hydrogen) atoms. The number of anilines is 1. The summed E-state index contributed by atoms with van der Waals surface area (Å²) in [4.78, 5) is 18.1. The van der Waals surface area contributed by atoms with Crippen LogP contribution in [0.1, 0.15) is 65.4 Å². The van der Waals surface area contributed by atoms with Gasteiger partial charge in [-0.15, -0.1) is 13.2 Å². The fourth-order valence-electron chi connectivity index (χ4n) is 5.48. The third-order valence-electron chi connectivity index (χ3n) is 7.21. The lowest BCUT2D eigenvalue weighted by Crippen LogP contribution is -2.45. The second kappa shape index (κ2) is 9.32. The van der Waals surface area contributed by atoms with Crippen LogP contribution in [0, 0.1) is 0 Å². The molecule has 6 rings (SSSR count). The number of carbonyl (C=O) groups is 1. The number of rotatable bonds is 8. The minimum Gasteiger partial charge on any atom is -0.477 e. The van der Waals surface area contributed by atoms with Gasteiger partial charge in [0, 0.05) is 29.1 Å². The highest BCUT2D eigenvalue weighted by Crippen LogP contribution is 2.46. The Bertz CT molecular complexity index is 1290. The molecule has 2 saturated heterocycles. The number of thiazole rings is 1. The van der Waals surface area contributed by atoms with E-state index in [9.17, 15) is 23.1 Å². The highest BCUT2D eigenvalue weighted by atomic mass is 32.1. The Morgan fingerprint density at radius 2 is 1.89 bits per heavy atom. The van der Waals surface area contributed by atoms with Crippen LogP contribution in [0.2, 0.25) is 0 Å². The Hall–Kier alpha value is -3.12. The third kappa shape index (κ3) is 4.91. The molecule has 3 aliphatic rings. The quantitative estimate of drug-likeness (QED) is 0.376. The van der Waals surface area contributed by atoms with Crippen LogP contribution < -0.4 is 9.64 Å². The molecule has 3 aromatic rings. The fraction of sp³-hybridized carbons (Fsp3) is 0.480. The highest BCUT2D eigenvalue weighted by molar-refractivity contribution is 7.17. The molecule has 2 unspecified atom stereocenters. The maximum absolute atomic E-state index is 13.0. The lowest BCUT2D eigenvalue weighted by atomic mass is 10.00. The zero-order valence-electron chi connectivity index (χ0n) is 19.6. The summed E-state index contributed by atoms with van der Waals surface area (Å²) in [6, 6.07) is 6.31. The second-order valence-corrected chi connectivity index (χ2v) is 10.7. The van der Waals surface area contributed by atoms with Gasteiger partial charge in [-0.2, -0.15) is 0 Å². The fourth-order valence-corrected chi connectivity index (χ4v) is 6.37. The van der Waals surface area contributed by atoms with Gasteiger partial charge in [-0.25, -0.2) is 9.78 Å². The first-order valence-corrected chi connectivity index (χ1v) is 13.0. The predicted molar refractivity (Wildman–Crippen MR) is 127 cm³/mol. The van der Waals surface area contributed by atoms with Gasteiger partial charge in [0.25, 0.3) is 0 Å². The van der Waals surface area contributed by atoms with Crippen LogP contribution in [0.4, 0.5) is 18.3 Å². The number of fused-ring (bicyclic) bond motifs is 2. The SMILES string of the molecule is O=C(O)c1cnc(N2C3CC[C@H]2CC(OCc2c(-c4ccccc4OC(F)(F)F)noc2C2CC2)C3)s1. The van der Waals surface area contributed by atoms with Crippen LogP contribution in [0.25, 0.3) is 11.3 Å². The molecule has 0 radical (unpaired) electrons. The van der Waals surface area contributed by atoms with Gasteiger partial charge in [0.2, 0.25) is 0 Å². The number of carboxylic acid groups (broad SMARTS) is 1. The Balaban J connectivity index is 1.20. The van der Waals surface area contributed by atoms with Gasteiger partial charge < -0.3 is 24.0 Å². The van der Waals surface area contributed by atoms with Crippen LogP contribution in [0.15, 0.2) is 35.0 Å². The monoisotopic (exact) mass is 535 g/mol. The largest absolute Gasteiger partial charge is 0.573 e. The van der Waals surface area contributed by atoms with Crippen LogP contribution in [-0.4, -0.2) is 45.8 Å². The van der Waals surface area contributed by atoms with E-state index in [1.54, 1.807) is 6.07 Å². The van der Waals surface area contributed by atoms with E-state index in [-0.39, 0.29) is 46.9 Å². The number of para-hydroxylation sites is 1. The predicted octanol–water partition coefficient (Wildman–Crippen LogP) is 5.99. The average Bonchev–Trinajstić information content (AvgIpc) is 3.30. The van der Waals surface area contributed by atoms with Crippen molar-refractivity contribution in [1.82, 2.24) is 10.1 Å². The van der Waals surface area contributed by atoms with E-state index < -0.39 is 12.3 Å². The molecule has 8 nitrogen and oxygen atoms in total. The topological polar surface area (TPSA) is 97.9 Å². The molecule has 1 N–H and O–H groups in total. The number of benzene rings is 1. The standard InChI is InChI=1S/C25H24F3N3O5S/c26-25(27,28)35-19-4-2-1-3-17(19)21-18(22(36-30-21)13-5-6-13)12-34-16-9-14-7-8-15(10-16)31(14)24-29-11-20(37-24)23(32)33/h1-4,11,13-16H,5-10,12H2,(H,32,33)/t14-,15?,16?/m0/s1. The molecule has 4 heterocycles. The number of piperidine rings is 1. The summed E-state index contributed by atoms with van der Waals surface area (Å²) in [5, 5.41) is 14.1. The summed E-state index contributed by atoms with van der Waals surface area (Å²) in [6.07, 6.45) is 1.86. The number of ether oxygens (including phenoxy) is 2. The van der Waals surface area contributed by atoms with Crippen molar-refractivity contribution in [2.45, 2.75) is 75.6 Å². The van der Waals surface area contributed by atoms with Crippen LogP contribution >= 0.6 is 11.3 Å². The summed E-state index contributed by atoms with van der Waals surface area (Å²) in [7, 11) is 0. The normalized spacial score (nSPS) is 23.4. The smallest absolute Gasteiger partial charge is 0.477 e. The molecule has 1 aromatic carbocycles. The first-order valence-electron chi connectivity index (χ1n) is 12.2. The molecule has 1 saturated carbocycles. The summed E-state index contributed by atoms with van der Waals surface area (Å²) in [5.74, 6) is -0.446. The summed E-state index contributed by atoms with van der Waals surface area (Å²) >= 11 is 1.19. The molecular weight excluding hydrogens is 511 g/mol. The molecule has 2 aromatic heterocycles. The molecule has 2 bridgehead atoms. The molecular formula is C25H24F3N3O5S. The number of alkyl halides is 3. The Morgan fingerprint density at radius 1 is 1.16 bits per heavy atom. The van der Waals surface area contributed by atoms with Gasteiger partial charge >= 0.3 is 12.3 Å². The van der Waals surface area contributed by atoms with Gasteiger partial charge in [0.15, 0.2) is 5.13 Å². The van der Waals surface area contributed by atoms with E-state index >= 15 is 0 Å². The zero-order chi connectivity index (χ0) is 25.7. The molecule has 3 fully saturated rings. The van der Waals surface area contributed by atoms with Gasteiger partial charge in [0.1, 0.15) is 22.1 Å². The first-order chi connectivity index (χ1) is 17.8. The average molecular weight is 536 g/mol. The van der Waals surface area contributed by atoms with Crippen molar-refractivity contribution >= 4 is 22.4 Å². The van der Waals surface area contributed by atoms with E-state index in [4.69, 9.17) is 9.26 Å². The first kappa shape index (κ1) is 24.2. The Morgan fingerprint density at radius 3 is 2.54 bits per heavy atom. The number of halogens is 3. The maximum atomic E-state index is 13.0. The van der Waals surface area contributed by atoms with E-state index in [1.165, 1.54) is 35.7 Å². The minimum atomic E-state index is -4.83. The zero-order valence-corrected chi connectivity index (χ0v) is 20.4.